The van der Waals surface area contributed by atoms with E-state index in [2.05, 4.69) is 19.2 Å². The van der Waals surface area contributed by atoms with E-state index in [4.69, 9.17) is 14.2 Å². The monoisotopic (exact) mass is 351 g/mol. The summed E-state index contributed by atoms with van der Waals surface area (Å²) in [6.07, 6.45) is 0.204. The van der Waals surface area contributed by atoms with Crippen LogP contribution in [0.2, 0.25) is 0 Å². The first-order chi connectivity index (χ1) is 11.9. The summed E-state index contributed by atoms with van der Waals surface area (Å²) in [5.74, 6) is 0.370. The summed E-state index contributed by atoms with van der Waals surface area (Å²) in [4.78, 5) is 23.4. The molecule has 0 aromatic heterocycles. The molecule has 6 heteroatoms. The molecular formula is C19H29NO5. The molecule has 1 rings (SSSR count). The fraction of sp³-hybridized carbons (Fsp3) is 0.579. The first-order valence-electron chi connectivity index (χ1n) is 8.63. The van der Waals surface area contributed by atoms with Crippen LogP contribution in [0.1, 0.15) is 32.8 Å². The van der Waals surface area contributed by atoms with E-state index in [0.717, 1.165) is 17.7 Å². The van der Waals surface area contributed by atoms with Gasteiger partial charge >= 0.3 is 5.97 Å². The number of carbonyl (C=O) groups is 2. The number of aryl methyl sites for hydroxylation is 1. The molecule has 0 radical (unpaired) electrons. The normalized spacial score (nSPS) is 11.9. The second kappa shape index (κ2) is 11.5. The molecule has 0 saturated carbocycles. The molecule has 0 bridgehead atoms. The zero-order chi connectivity index (χ0) is 18.7. The third kappa shape index (κ3) is 9.72. The molecule has 0 fully saturated rings. The lowest BCUT2D eigenvalue weighted by Gasteiger charge is -2.13. The molecule has 140 valence electrons. The Labute approximate surface area is 149 Å². The van der Waals surface area contributed by atoms with Crippen LogP contribution in [0.25, 0.3) is 0 Å². The van der Waals surface area contributed by atoms with Crippen molar-refractivity contribution < 1.29 is 23.8 Å². The first-order valence-corrected chi connectivity index (χ1v) is 8.63. The largest absolute Gasteiger partial charge is 0.492 e. The van der Waals surface area contributed by atoms with E-state index in [1.165, 1.54) is 0 Å². The van der Waals surface area contributed by atoms with Crippen LogP contribution in [-0.4, -0.2) is 44.3 Å². The highest BCUT2D eigenvalue weighted by Gasteiger charge is 2.16. The summed E-state index contributed by atoms with van der Waals surface area (Å²) in [7, 11) is 0. The summed E-state index contributed by atoms with van der Waals surface area (Å²) in [5, 5.41) is 2.64. The van der Waals surface area contributed by atoms with Gasteiger partial charge in [0.05, 0.1) is 6.54 Å². The van der Waals surface area contributed by atoms with Crippen LogP contribution in [0.3, 0.4) is 0 Å². The van der Waals surface area contributed by atoms with Gasteiger partial charge in [0, 0.05) is 6.61 Å². The minimum atomic E-state index is -0.670. The van der Waals surface area contributed by atoms with E-state index >= 15 is 0 Å². The number of rotatable bonds is 11. The van der Waals surface area contributed by atoms with Gasteiger partial charge in [-0.3, -0.25) is 4.79 Å². The summed E-state index contributed by atoms with van der Waals surface area (Å²) in [5.41, 5.74) is 1.11. The fourth-order valence-electron chi connectivity index (χ4n) is 1.92. The lowest BCUT2D eigenvalue weighted by Crippen LogP contribution is -2.34. The molecule has 1 atom stereocenters. The molecule has 0 heterocycles. The zero-order valence-corrected chi connectivity index (χ0v) is 15.5. The van der Waals surface area contributed by atoms with Crippen LogP contribution in [0, 0.1) is 12.8 Å². The second-order valence-corrected chi connectivity index (χ2v) is 6.32. The molecule has 1 aromatic rings. The Kier molecular flexibility index (Phi) is 9.62. The molecule has 1 aromatic carbocycles. The molecule has 1 amide bonds. The van der Waals surface area contributed by atoms with Crippen molar-refractivity contribution in [2.45, 2.75) is 40.2 Å². The quantitative estimate of drug-likeness (QED) is 0.490. The van der Waals surface area contributed by atoms with E-state index in [0.29, 0.717) is 25.7 Å². The van der Waals surface area contributed by atoms with Gasteiger partial charge in [-0.05, 0) is 43.9 Å². The summed E-state index contributed by atoms with van der Waals surface area (Å²) >= 11 is 0. The third-order valence-corrected chi connectivity index (χ3v) is 3.42. The Balaban J connectivity index is 2.12. The predicted octanol–water partition coefficient (Wildman–Crippen LogP) is 2.48. The smallest absolute Gasteiger partial charge is 0.335 e. The van der Waals surface area contributed by atoms with Crippen molar-refractivity contribution in [3.05, 3.63) is 29.8 Å². The summed E-state index contributed by atoms with van der Waals surface area (Å²) in [6.45, 7) is 8.63. The highest BCUT2D eigenvalue weighted by molar-refractivity contribution is 5.81. The van der Waals surface area contributed by atoms with Crippen molar-refractivity contribution >= 4 is 11.9 Å². The standard InChI is InChI=1S/C19H29NO5/c1-14(2)8-10-23-16(4)19(22)25-13-18(21)20-9-11-24-17-7-5-6-15(3)12-17/h5-7,12,14,16H,8-11,13H2,1-4H3,(H,20,21). The predicted molar refractivity (Wildman–Crippen MR) is 95.5 cm³/mol. The van der Waals surface area contributed by atoms with Gasteiger partial charge in [0.15, 0.2) is 12.7 Å². The van der Waals surface area contributed by atoms with E-state index < -0.39 is 12.1 Å². The second-order valence-electron chi connectivity index (χ2n) is 6.32. The van der Waals surface area contributed by atoms with Crippen LogP contribution in [0.4, 0.5) is 0 Å². The van der Waals surface area contributed by atoms with Crippen molar-refractivity contribution in [1.82, 2.24) is 5.32 Å². The van der Waals surface area contributed by atoms with E-state index in [1.807, 2.05) is 31.2 Å². The van der Waals surface area contributed by atoms with Gasteiger partial charge in [0.2, 0.25) is 0 Å². The maximum absolute atomic E-state index is 11.7. The Morgan fingerprint density at radius 1 is 1.16 bits per heavy atom. The van der Waals surface area contributed by atoms with Crippen LogP contribution >= 0.6 is 0 Å². The molecule has 0 saturated heterocycles. The molecule has 25 heavy (non-hydrogen) atoms. The average Bonchev–Trinajstić information content (AvgIpc) is 2.56. The van der Waals surface area contributed by atoms with Gasteiger partial charge in [0.25, 0.3) is 5.91 Å². The Morgan fingerprint density at radius 3 is 2.60 bits per heavy atom. The van der Waals surface area contributed by atoms with Gasteiger partial charge in [-0.15, -0.1) is 0 Å². The maximum atomic E-state index is 11.7. The number of benzene rings is 1. The zero-order valence-electron chi connectivity index (χ0n) is 15.5. The Bertz CT molecular complexity index is 544. The summed E-state index contributed by atoms with van der Waals surface area (Å²) < 4.78 is 15.8. The highest BCUT2D eigenvalue weighted by atomic mass is 16.6. The van der Waals surface area contributed by atoms with Crippen molar-refractivity contribution in [3.63, 3.8) is 0 Å². The number of hydrogen-bond donors (Lipinski definition) is 1. The number of ether oxygens (including phenoxy) is 3. The van der Waals surface area contributed by atoms with Gasteiger partial charge in [0.1, 0.15) is 12.4 Å². The van der Waals surface area contributed by atoms with E-state index in [-0.39, 0.29) is 12.5 Å². The maximum Gasteiger partial charge on any atom is 0.335 e. The summed E-state index contributed by atoms with van der Waals surface area (Å²) in [6, 6.07) is 7.67. The van der Waals surface area contributed by atoms with Crippen molar-refractivity contribution in [1.29, 1.82) is 0 Å². The first kappa shape index (κ1) is 21.0. The fourth-order valence-corrected chi connectivity index (χ4v) is 1.92. The molecule has 1 unspecified atom stereocenters. The number of esters is 1. The topological polar surface area (TPSA) is 73.9 Å². The van der Waals surface area contributed by atoms with Crippen LogP contribution < -0.4 is 10.1 Å². The molecule has 6 nitrogen and oxygen atoms in total. The minimum absolute atomic E-state index is 0.318. The lowest BCUT2D eigenvalue weighted by molar-refractivity contribution is -0.159. The lowest BCUT2D eigenvalue weighted by atomic mass is 10.1. The Morgan fingerprint density at radius 2 is 1.92 bits per heavy atom. The van der Waals surface area contributed by atoms with Gasteiger partial charge in [-0.1, -0.05) is 26.0 Å². The number of amides is 1. The highest BCUT2D eigenvalue weighted by Crippen LogP contribution is 2.11. The molecule has 0 aliphatic rings. The SMILES string of the molecule is Cc1cccc(OCCNC(=O)COC(=O)C(C)OCCC(C)C)c1. The average molecular weight is 351 g/mol. The van der Waals surface area contributed by atoms with E-state index in [1.54, 1.807) is 6.92 Å². The van der Waals surface area contributed by atoms with E-state index in [9.17, 15) is 9.59 Å². The molecule has 0 aliphatic carbocycles. The Hall–Kier alpha value is -2.08. The number of hydrogen-bond acceptors (Lipinski definition) is 5. The minimum Gasteiger partial charge on any atom is -0.492 e. The van der Waals surface area contributed by atoms with Gasteiger partial charge < -0.3 is 19.5 Å². The van der Waals surface area contributed by atoms with Crippen molar-refractivity contribution in [2.75, 3.05) is 26.4 Å². The molecule has 1 N–H and O–H groups in total. The molecular weight excluding hydrogens is 322 g/mol. The van der Waals surface area contributed by atoms with Crippen LogP contribution in [0.5, 0.6) is 5.75 Å². The van der Waals surface area contributed by atoms with Crippen molar-refractivity contribution in [2.24, 2.45) is 5.92 Å². The number of nitrogens with one attached hydrogen (secondary N) is 1. The van der Waals surface area contributed by atoms with Crippen LogP contribution in [-0.2, 0) is 19.1 Å². The molecule has 0 spiro atoms. The van der Waals surface area contributed by atoms with Gasteiger partial charge in [-0.2, -0.15) is 0 Å². The third-order valence-electron chi connectivity index (χ3n) is 3.42. The number of carbonyl (C=O) groups excluding carboxylic acids is 2. The van der Waals surface area contributed by atoms with Crippen LogP contribution in [0.15, 0.2) is 24.3 Å². The van der Waals surface area contributed by atoms with Gasteiger partial charge in [-0.25, -0.2) is 4.79 Å². The van der Waals surface area contributed by atoms with Crippen molar-refractivity contribution in [3.8, 4) is 5.75 Å². The molecule has 0 aliphatic heterocycles.